The number of hydrogen-bond donors (Lipinski definition) is 1. The summed E-state index contributed by atoms with van der Waals surface area (Å²) in [5.41, 5.74) is 2.25. The molecule has 1 N–H and O–H groups in total. The molecular formula is C32H31BrO7. The molecule has 0 saturated carbocycles. The van der Waals surface area contributed by atoms with Crippen LogP contribution in [0.1, 0.15) is 11.1 Å². The summed E-state index contributed by atoms with van der Waals surface area (Å²) >= 11 is 3.41. The van der Waals surface area contributed by atoms with E-state index in [1.54, 1.807) is 6.07 Å². The van der Waals surface area contributed by atoms with Gasteiger partial charge in [-0.2, -0.15) is 0 Å². The minimum atomic E-state index is -0.313. The lowest BCUT2D eigenvalue weighted by molar-refractivity contribution is 0.0453. The van der Waals surface area contributed by atoms with Crippen LogP contribution in [0.15, 0.2) is 97.1 Å². The summed E-state index contributed by atoms with van der Waals surface area (Å²) in [6.07, 6.45) is -0.265. The van der Waals surface area contributed by atoms with E-state index in [9.17, 15) is 0 Å². The lowest BCUT2D eigenvalue weighted by atomic mass is 10.2. The molecule has 40 heavy (non-hydrogen) atoms. The molecule has 0 spiro atoms. The summed E-state index contributed by atoms with van der Waals surface area (Å²) in [4.78, 5) is 0. The number of alkyl halides is 1. The standard InChI is InChI=1S/C16H15BrO3.C16H16O4/c2*17-9-14-11-19-15-7-6-13(8-16(15)20-14)18-10-12-4-2-1-3-5-12/h1-8,14H,9-11H2;1-8,14,17H,9-11H2/t2*14-/m11/s1. The monoisotopic (exact) mass is 606 g/mol. The van der Waals surface area contributed by atoms with E-state index in [2.05, 4.69) is 15.9 Å². The normalized spacial score (nSPS) is 16.8. The minimum absolute atomic E-state index is 0.0480. The Hall–Kier alpha value is -3.88. The zero-order valence-corrected chi connectivity index (χ0v) is 23.5. The summed E-state index contributed by atoms with van der Waals surface area (Å²) in [5, 5.41) is 9.85. The fourth-order valence-electron chi connectivity index (χ4n) is 4.02. The van der Waals surface area contributed by atoms with Gasteiger partial charge in [0.2, 0.25) is 0 Å². The zero-order valence-electron chi connectivity index (χ0n) is 21.9. The summed E-state index contributed by atoms with van der Waals surface area (Å²) < 4.78 is 34.1. The second-order valence-corrected chi connectivity index (χ2v) is 9.85. The largest absolute Gasteiger partial charge is 0.489 e. The summed E-state index contributed by atoms with van der Waals surface area (Å²) in [6.45, 7) is 1.93. The molecule has 0 unspecified atom stereocenters. The highest BCUT2D eigenvalue weighted by atomic mass is 79.9. The van der Waals surface area contributed by atoms with E-state index in [0.29, 0.717) is 37.9 Å². The van der Waals surface area contributed by atoms with Crippen LogP contribution in [0.4, 0.5) is 0 Å². The van der Waals surface area contributed by atoms with E-state index < -0.39 is 0 Å². The zero-order chi connectivity index (χ0) is 27.6. The average Bonchev–Trinajstić information content (AvgIpc) is 3.03. The maximum absolute atomic E-state index is 9.10. The first-order valence-corrected chi connectivity index (χ1v) is 14.2. The molecule has 0 amide bonds. The number of benzene rings is 4. The predicted molar refractivity (Wildman–Crippen MR) is 155 cm³/mol. The van der Waals surface area contributed by atoms with Crippen LogP contribution in [0, 0.1) is 0 Å². The van der Waals surface area contributed by atoms with Crippen molar-refractivity contribution >= 4 is 15.9 Å². The molecule has 0 aromatic heterocycles. The van der Waals surface area contributed by atoms with E-state index in [1.165, 1.54) is 0 Å². The van der Waals surface area contributed by atoms with Crippen LogP contribution in [0.3, 0.4) is 0 Å². The molecule has 4 aromatic carbocycles. The molecule has 2 aliphatic rings. The third kappa shape index (κ3) is 7.61. The number of fused-ring (bicyclic) bond motifs is 2. The third-order valence-corrected chi connectivity index (χ3v) is 6.86. The predicted octanol–water partition coefficient (Wildman–Crippen LogP) is 6.20. The minimum Gasteiger partial charge on any atom is -0.489 e. The van der Waals surface area contributed by atoms with Gasteiger partial charge in [-0.25, -0.2) is 0 Å². The van der Waals surface area contributed by atoms with Crippen molar-refractivity contribution < 1.29 is 33.5 Å². The van der Waals surface area contributed by atoms with Crippen molar-refractivity contribution in [1.82, 2.24) is 0 Å². The van der Waals surface area contributed by atoms with Crippen molar-refractivity contribution in [2.45, 2.75) is 25.4 Å². The molecule has 0 aliphatic carbocycles. The van der Waals surface area contributed by atoms with E-state index in [-0.39, 0.29) is 18.8 Å². The van der Waals surface area contributed by atoms with Crippen LogP contribution in [-0.2, 0) is 13.2 Å². The van der Waals surface area contributed by atoms with Crippen LogP contribution in [0.5, 0.6) is 34.5 Å². The van der Waals surface area contributed by atoms with Crippen LogP contribution in [0.2, 0.25) is 0 Å². The second kappa shape index (κ2) is 14.0. The van der Waals surface area contributed by atoms with E-state index in [4.69, 9.17) is 33.5 Å². The Labute approximate surface area is 242 Å². The van der Waals surface area contributed by atoms with Gasteiger partial charge in [-0.15, -0.1) is 0 Å². The Morgan fingerprint density at radius 1 is 0.625 bits per heavy atom. The molecule has 2 atom stereocenters. The molecule has 208 valence electrons. The van der Waals surface area contributed by atoms with Crippen molar-refractivity contribution in [2.75, 3.05) is 25.2 Å². The Balaban J connectivity index is 0.000000161. The Kier molecular flexibility index (Phi) is 9.66. The fourth-order valence-corrected chi connectivity index (χ4v) is 4.34. The lowest BCUT2D eigenvalue weighted by Crippen LogP contribution is -2.32. The molecule has 2 aliphatic heterocycles. The van der Waals surface area contributed by atoms with Gasteiger partial charge in [-0.3, -0.25) is 0 Å². The highest BCUT2D eigenvalue weighted by Crippen LogP contribution is 2.36. The van der Waals surface area contributed by atoms with E-state index in [1.807, 2.05) is 91.0 Å². The van der Waals surface area contributed by atoms with Crippen molar-refractivity contribution in [1.29, 1.82) is 0 Å². The average molecular weight is 607 g/mol. The van der Waals surface area contributed by atoms with Gasteiger partial charge < -0.3 is 33.5 Å². The summed E-state index contributed by atoms with van der Waals surface area (Å²) in [5.74, 6) is 4.31. The van der Waals surface area contributed by atoms with Gasteiger partial charge in [-0.1, -0.05) is 76.6 Å². The van der Waals surface area contributed by atoms with Crippen LogP contribution >= 0.6 is 15.9 Å². The molecule has 0 fully saturated rings. The number of rotatable bonds is 8. The molecule has 2 heterocycles. The van der Waals surface area contributed by atoms with Crippen LogP contribution in [-0.4, -0.2) is 42.5 Å². The SMILES string of the molecule is BrC[C@@H]1COc2ccc(OCc3ccccc3)cc2O1.OC[C@@H]1COc2ccc(OCc3ccccc3)cc2O1. The quantitative estimate of drug-likeness (QED) is 0.239. The van der Waals surface area contributed by atoms with Crippen molar-refractivity contribution in [3.05, 3.63) is 108 Å². The maximum atomic E-state index is 9.10. The maximum Gasteiger partial charge on any atom is 0.165 e. The number of hydrogen-bond acceptors (Lipinski definition) is 7. The van der Waals surface area contributed by atoms with Crippen LogP contribution in [0.25, 0.3) is 0 Å². The molecule has 6 rings (SSSR count). The third-order valence-electron chi connectivity index (χ3n) is 6.14. The Morgan fingerprint density at radius 3 is 1.57 bits per heavy atom. The molecule has 0 bridgehead atoms. The van der Waals surface area contributed by atoms with E-state index in [0.717, 1.165) is 39.5 Å². The van der Waals surface area contributed by atoms with Gasteiger partial charge in [0.05, 0.1) is 6.61 Å². The molecule has 8 heteroatoms. The number of halogens is 1. The van der Waals surface area contributed by atoms with E-state index >= 15 is 0 Å². The highest BCUT2D eigenvalue weighted by molar-refractivity contribution is 9.09. The summed E-state index contributed by atoms with van der Waals surface area (Å²) in [6, 6.07) is 31.2. The molecule has 0 saturated heterocycles. The highest BCUT2D eigenvalue weighted by Gasteiger charge is 2.21. The van der Waals surface area contributed by atoms with Crippen molar-refractivity contribution in [3.63, 3.8) is 0 Å². The number of aliphatic hydroxyl groups excluding tert-OH is 1. The molecule has 7 nitrogen and oxygen atoms in total. The fraction of sp³-hybridized carbons (Fsp3) is 0.250. The topological polar surface area (TPSA) is 75.6 Å². The van der Waals surface area contributed by atoms with Gasteiger partial charge in [0.25, 0.3) is 0 Å². The first-order chi connectivity index (χ1) is 19.7. The second-order valence-electron chi connectivity index (χ2n) is 9.20. The van der Waals surface area contributed by atoms with Crippen LogP contribution < -0.4 is 28.4 Å². The van der Waals surface area contributed by atoms with Gasteiger partial charge in [0.1, 0.15) is 44.0 Å². The first kappa shape index (κ1) is 27.7. The molecule has 0 radical (unpaired) electrons. The lowest BCUT2D eigenvalue weighted by Gasteiger charge is -2.25. The number of aliphatic hydroxyl groups is 1. The van der Waals surface area contributed by atoms with Gasteiger partial charge in [0.15, 0.2) is 29.1 Å². The van der Waals surface area contributed by atoms with Gasteiger partial charge in [0, 0.05) is 17.5 Å². The first-order valence-electron chi connectivity index (χ1n) is 13.1. The van der Waals surface area contributed by atoms with Gasteiger partial charge in [-0.05, 0) is 35.4 Å². The molecular weight excluding hydrogens is 576 g/mol. The van der Waals surface area contributed by atoms with Gasteiger partial charge >= 0.3 is 0 Å². The summed E-state index contributed by atoms with van der Waals surface area (Å²) in [7, 11) is 0. The smallest absolute Gasteiger partial charge is 0.165 e. The Morgan fingerprint density at radius 2 is 1.10 bits per heavy atom. The van der Waals surface area contributed by atoms with Crippen molar-refractivity contribution in [3.8, 4) is 34.5 Å². The van der Waals surface area contributed by atoms with Crippen molar-refractivity contribution in [2.24, 2.45) is 0 Å². The Bertz CT molecular complexity index is 1250. The number of ether oxygens (including phenoxy) is 6. The molecule has 4 aromatic rings.